The summed E-state index contributed by atoms with van der Waals surface area (Å²) in [6, 6.07) is 6.93. The predicted octanol–water partition coefficient (Wildman–Crippen LogP) is 2.93. The zero-order valence-electron chi connectivity index (χ0n) is 9.97. The molecule has 1 rings (SSSR count). The summed E-state index contributed by atoms with van der Waals surface area (Å²) in [5.41, 5.74) is 0.817. The highest BCUT2D eigenvalue weighted by atomic mass is 35.5. The van der Waals surface area contributed by atoms with Crippen molar-refractivity contribution < 1.29 is 22.7 Å². The summed E-state index contributed by atoms with van der Waals surface area (Å²) in [4.78, 5) is 11.3. The van der Waals surface area contributed by atoms with Crippen LogP contribution in [0.2, 0.25) is 5.02 Å². The maximum absolute atomic E-state index is 11.7. The molecule has 0 aliphatic heterocycles. The van der Waals surface area contributed by atoms with E-state index in [1.54, 1.807) is 24.3 Å². The molecule has 106 valence electrons. The van der Waals surface area contributed by atoms with Gasteiger partial charge < -0.3 is 10.1 Å². The van der Waals surface area contributed by atoms with Gasteiger partial charge in [-0.25, -0.2) is 0 Å². The van der Waals surface area contributed by atoms with Crippen molar-refractivity contribution in [2.75, 3.05) is 13.2 Å². The van der Waals surface area contributed by atoms with Crippen molar-refractivity contribution in [2.45, 2.75) is 19.1 Å². The molecule has 1 amide bonds. The highest BCUT2D eigenvalue weighted by molar-refractivity contribution is 6.30. The van der Waals surface area contributed by atoms with E-state index in [0.717, 1.165) is 5.56 Å². The van der Waals surface area contributed by atoms with Crippen LogP contribution in [0.5, 0.6) is 0 Å². The Morgan fingerprint density at radius 3 is 2.74 bits per heavy atom. The number of carbonyl (C=O) groups excluding carboxylic acids is 1. The molecule has 0 saturated carbocycles. The first-order valence-electron chi connectivity index (χ1n) is 5.52. The standard InChI is InChI=1S/C12H13ClF3NO2/c13-10-3-1-2-9(6-10)7-17-11(18)4-5-19-8-12(14,15)16/h1-3,6H,4-5,7-8H2,(H,17,18). The maximum atomic E-state index is 11.7. The van der Waals surface area contributed by atoms with Crippen molar-refractivity contribution in [3.8, 4) is 0 Å². The van der Waals surface area contributed by atoms with Gasteiger partial charge in [-0.1, -0.05) is 23.7 Å². The zero-order chi connectivity index (χ0) is 14.3. The Balaban J connectivity index is 2.18. The van der Waals surface area contributed by atoms with E-state index >= 15 is 0 Å². The van der Waals surface area contributed by atoms with Gasteiger partial charge >= 0.3 is 6.18 Å². The van der Waals surface area contributed by atoms with E-state index in [1.165, 1.54) is 0 Å². The third-order valence-electron chi connectivity index (χ3n) is 2.12. The Kier molecular flexibility index (Phi) is 6.11. The van der Waals surface area contributed by atoms with Crippen LogP contribution in [0.3, 0.4) is 0 Å². The molecule has 0 atom stereocenters. The Hall–Kier alpha value is -1.27. The van der Waals surface area contributed by atoms with Gasteiger partial charge in [-0.2, -0.15) is 13.2 Å². The van der Waals surface area contributed by atoms with Gasteiger partial charge in [-0.15, -0.1) is 0 Å². The van der Waals surface area contributed by atoms with Gasteiger partial charge in [0.15, 0.2) is 0 Å². The summed E-state index contributed by atoms with van der Waals surface area (Å²) < 4.78 is 39.6. The molecule has 0 unspecified atom stereocenters. The Labute approximate surface area is 113 Å². The van der Waals surface area contributed by atoms with Crippen molar-refractivity contribution in [1.82, 2.24) is 5.32 Å². The lowest BCUT2D eigenvalue weighted by Gasteiger charge is -2.08. The van der Waals surface area contributed by atoms with Gasteiger partial charge in [0.25, 0.3) is 0 Å². The van der Waals surface area contributed by atoms with Crippen molar-refractivity contribution in [3.63, 3.8) is 0 Å². The number of carbonyl (C=O) groups is 1. The van der Waals surface area contributed by atoms with E-state index in [9.17, 15) is 18.0 Å². The molecule has 3 nitrogen and oxygen atoms in total. The number of ether oxygens (including phenoxy) is 1. The van der Waals surface area contributed by atoms with Crippen LogP contribution in [-0.4, -0.2) is 25.3 Å². The third kappa shape index (κ3) is 7.69. The Bertz CT molecular complexity index is 424. The topological polar surface area (TPSA) is 38.3 Å². The second kappa shape index (κ2) is 7.35. The van der Waals surface area contributed by atoms with Crippen LogP contribution < -0.4 is 5.32 Å². The third-order valence-corrected chi connectivity index (χ3v) is 2.35. The van der Waals surface area contributed by atoms with E-state index in [4.69, 9.17) is 11.6 Å². The first-order valence-corrected chi connectivity index (χ1v) is 5.90. The fourth-order valence-corrected chi connectivity index (χ4v) is 1.50. The lowest BCUT2D eigenvalue weighted by molar-refractivity contribution is -0.174. The molecule has 0 heterocycles. The number of hydrogen-bond donors (Lipinski definition) is 1. The SMILES string of the molecule is O=C(CCOCC(F)(F)F)NCc1cccc(Cl)c1. The van der Waals surface area contributed by atoms with Crippen LogP contribution in [0.25, 0.3) is 0 Å². The van der Waals surface area contributed by atoms with Crippen LogP contribution in [-0.2, 0) is 16.1 Å². The summed E-state index contributed by atoms with van der Waals surface area (Å²) in [6.07, 6.45) is -4.48. The summed E-state index contributed by atoms with van der Waals surface area (Å²) >= 11 is 5.77. The summed E-state index contributed by atoms with van der Waals surface area (Å²) in [7, 11) is 0. The van der Waals surface area contributed by atoms with Gasteiger partial charge in [0.05, 0.1) is 6.61 Å². The fourth-order valence-electron chi connectivity index (χ4n) is 1.29. The first-order chi connectivity index (χ1) is 8.87. The van der Waals surface area contributed by atoms with E-state index < -0.39 is 12.8 Å². The van der Waals surface area contributed by atoms with E-state index in [-0.39, 0.29) is 25.5 Å². The van der Waals surface area contributed by atoms with E-state index in [1.807, 2.05) is 0 Å². The second-order valence-corrected chi connectivity index (χ2v) is 4.26. The minimum absolute atomic E-state index is 0.114. The molecule has 0 aromatic heterocycles. The molecule has 1 aromatic carbocycles. The number of halogens is 4. The van der Waals surface area contributed by atoms with Gasteiger partial charge in [0.1, 0.15) is 6.61 Å². The molecule has 0 spiro atoms. The highest BCUT2D eigenvalue weighted by Crippen LogP contribution is 2.14. The fraction of sp³-hybridized carbons (Fsp3) is 0.417. The molecule has 0 aliphatic rings. The van der Waals surface area contributed by atoms with E-state index in [0.29, 0.717) is 5.02 Å². The Morgan fingerprint density at radius 1 is 1.37 bits per heavy atom. The molecule has 19 heavy (non-hydrogen) atoms. The van der Waals surface area contributed by atoms with Crippen molar-refractivity contribution in [2.24, 2.45) is 0 Å². The van der Waals surface area contributed by atoms with Gasteiger partial charge in [0, 0.05) is 18.0 Å². The number of amides is 1. The van der Waals surface area contributed by atoms with E-state index in [2.05, 4.69) is 10.1 Å². The Morgan fingerprint density at radius 2 is 2.11 bits per heavy atom. The molecule has 1 N–H and O–H groups in total. The monoisotopic (exact) mass is 295 g/mol. The zero-order valence-corrected chi connectivity index (χ0v) is 10.7. The maximum Gasteiger partial charge on any atom is 0.411 e. The molecule has 7 heteroatoms. The summed E-state index contributed by atoms with van der Waals surface area (Å²) in [5, 5.41) is 3.12. The van der Waals surface area contributed by atoms with Gasteiger partial charge in [-0.05, 0) is 17.7 Å². The van der Waals surface area contributed by atoms with Crippen molar-refractivity contribution in [3.05, 3.63) is 34.9 Å². The van der Waals surface area contributed by atoms with Crippen molar-refractivity contribution in [1.29, 1.82) is 0 Å². The summed E-state index contributed by atoms with van der Waals surface area (Å²) in [6.45, 7) is -1.33. The number of alkyl halides is 3. The summed E-state index contributed by atoms with van der Waals surface area (Å²) in [5.74, 6) is -0.373. The molecule has 0 saturated heterocycles. The lowest BCUT2D eigenvalue weighted by Crippen LogP contribution is -2.25. The molecule has 0 fully saturated rings. The predicted molar refractivity (Wildman–Crippen MR) is 64.8 cm³/mol. The molecule has 0 radical (unpaired) electrons. The molecular formula is C12H13ClF3NO2. The van der Waals surface area contributed by atoms with Crippen LogP contribution in [0.1, 0.15) is 12.0 Å². The second-order valence-electron chi connectivity index (χ2n) is 3.82. The van der Waals surface area contributed by atoms with Crippen LogP contribution in [0.15, 0.2) is 24.3 Å². The highest BCUT2D eigenvalue weighted by Gasteiger charge is 2.27. The lowest BCUT2D eigenvalue weighted by atomic mass is 10.2. The average Bonchev–Trinajstić information content (AvgIpc) is 2.31. The van der Waals surface area contributed by atoms with Gasteiger partial charge in [0.2, 0.25) is 5.91 Å². The minimum atomic E-state index is -4.36. The molecule has 0 aliphatic carbocycles. The normalized spacial score (nSPS) is 11.4. The smallest absolute Gasteiger partial charge is 0.372 e. The van der Waals surface area contributed by atoms with Crippen LogP contribution >= 0.6 is 11.6 Å². The molecule has 0 bridgehead atoms. The van der Waals surface area contributed by atoms with Gasteiger partial charge in [-0.3, -0.25) is 4.79 Å². The number of nitrogens with one attached hydrogen (secondary N) is 1. The van der Waals surface area contributed by atoms with Crippen molar-refractivity contribution >= 4 is 17.5 Å². The average molecular weight is 296 g/mol. The van der Waals surface area contributed by atoms with Crippen LogP contribution in [0, 0.1) is 0 Å². The van der Waals surface area contributed by atoms with Crippen LogP contribution in [0.4, 0.5) is 13.2 Å². The quantitative estimate of drug-likeness (QED) is 0.820. The molecular weight excluding hydrogens is 283 g/mol. The minimum Gasteiger partial charge on any atom is -0.372 e. The largest absolute Gasteiger partial charge is 0.411 e. The molecule has 1 aromatic rings. The number of hydrogen-bond acceptors (Lipinski definition) is 2. The first kappa shape index (κ1) is 15.8. The number of benzene rings is 1. The number of rotatable bonds is 6.